The molecular formula is C18H25N3O2S. The molecular weight excluding hydrogens is 322 g/mol. The fraction of sp³-hybridized carbons (Fsp3) is 0.556. The van der Waals surface area contributed by atoms with Gasteiger partial charge in [-0.25, -0.2) is 0 Å². The smallest absolute Gasteiger partial charge is 0.187 e. The zero-order valence-corrected chi connectivity index (χ0v) is 15.2. The van der Waals surface area contributed by atoms with Gasteiger partial charge in [-0.15, -0.1) is 0 Å². The largest absolute Gasteiger partial charge is 0.508 e. The third kappa shape index (κ3) is 2.73. The summed E-state index contributed by atoms with van der Waals surface area (Å²) in [7, 11) is 0. The van der Waals surface area contributed by atoms with E-state index in [-0.39, 0.29) is 22.5 Å². The molecule has 130 valence electrons. The molecule has 2 fully saturated rings. The molecule has 0 spiro atoms. The average Bonchev–Trinajstić information content (AvgIpc) is 3.05. The van der Waals surface area contributed by atoms with Gasteiger partial charge in [0.1, 0.15) is 11.5 Å². The van der Waals surface area contributed by atoms with E-state index in [2.05, 4.69) is 36.6 Å². The van der Waals surface area contributed by atoms with Gasteiger partial charge in [0.25, 0.3) is 0 Å². The molecule has 0 heterocycles. The lowest BCUT2D eigenvalue weighted by Crippen LogP contribution is -2.60. The first-order chi connectivity index (χ1) is 11.2. The second kappa shape index (κ2) is 5.92. The SMILES string of the molecule is CC1(C)[C@H]2CC[C@@H](C2)[C@]1(C)NC(=S)N/N=C\c1ccc(O)cc1O. The summed E-state index contributed by atoms with van der Waals surface area (Å²) in [5, 5.41) is 27.1. The highest BCUT2D eigenvalue weighted by molar-refractivity contribution is 7.80. The molecule has 2 aliphatic rings. The number of nitrogens with zero attached hydrogens (tertiary/aromatic N) is 1. The van der Waals surface area contributed by atoms with Crippen LogP contribution in [0.1, 0.15) is 45.6 Å². The Balaban J connectivity index is 1.63. The number of hydrogen-bond acceptors (Lipinski definition) is 4. The highest BCUT2D eigenvalue weighted by Gasteiger charge is 2.60. The van der Waals surface area contributed by atoms with E-state index < -0.39 is 0 Å². The molecule has 4 N–H and O–H groups in total. The van der Waals surface area contributed by atoms with E-state index >= 15 is 0 Å². The normalized spacial score (nSPS) is 30.6. The van der Waals surface area contributed by atoms with Gasteiger partial charge >= 0.3 is 0 Å². The van der Waals surface area contributed by atoms with E-state index in [0.717, 1.165) is 5.92 Å². The summed E-state index contributed by atoms with van der Waals surface area (Å²) < 4.78 is 0. The maximum Gasteiger partial charge on any atom is 0.187 e. The molecule has 2 aliphatic carbocycles. The number of hydrazone groups is 1. The summed E-state index contributed by atoms with van der Waals surface area (Å²) in [6.45, 7) is 6.91. The highest BCUT2D eigenvalue weighted by atomic mass is 32.1. The lowest BCUT2D eigenvalue weighted by Gasteiger charge is -2.48. The van der Waals surface area contributed by atoms with E-state index in [9.17, 15) is 10.2 Å². The van der Waals surface area contributed by atoms with Gasteiger partial charge in [-0.1, -0.05) is 13.8 Å². The summed E-state index contributed by atoms with van der Waals surface area (Å²) in [5.74, 6) is 1.38. The minimum atomic E-state index is -0.0316. The van der Waals surface area contributed by atoms with Crippen molar-refractivity contribution in [1.82, 2.24) is 10.7 Å². The third-order valence-electron chi connectivity index (χ3n) is 6.37. The van der Waals surface area contributed by atoms with E-state index in [1.165, 1.54) is 37.6 Å². The second-order valence-corrected chi connectivity index (χ2v) is 8.11. The van der Waals surface area contributed by atoms with Crippen LogP contribution in [0.3, 0.4) is 0 Å². The Morgan fingerprint density at radius 2 is 1.96 bits per heavy atom. The highest BCUT2D eigenvalue weighted by Crippen LogP contribution is 2.61. The van der Waals surface area contributed by atoms with Gasteiger partial charge in [-0.05, 0) is 67.8 Å². The summed E-state index contributed by atoms with van der Waals surface area (Å²) in [6.07, 6.45) is 5.32. The maximum absolute atomic E-state index is 9.74. The Labute approximate surface area is 148 Å². The van der Waals surface area contributed by atoms with Gasteiger partial charge in [0.05, 0.1) is 6.21 Å². The Hall–Kier alpha value is -1.82. The monoisotopic (exact) mass is 347 g/mol. The number of nitrogens with one attached hydrogen (secondary N) is 2. The van der Waals surface area contributed by atoms with Crippen LogP contribution in [0.4, 0.5) is 0 Å². The molecule has 0 radical (unpaired) electrons. The van der Waals surface area contributed by atoms with Gasteiger partial charge in [-0.2, -0.15) is 5.10 Å². The zero-order chi connectivity index (χ0) is 17.5. The van der Waals surface area contributed by atoms with E-state index in [4.69, 9.17) is 12.2 Å². The minimum absolute atomic E-state index is 0.0150. The molecule has 0 amide bonds. The molecule has 0 aliphatic heterocycles. The Morgan fingerprint density at radius 1 is 1.25 bits per heavy atom. The number of fused-ring (bicyclic) bond motifs is 2. The number of hydrogen-bond donors (Lipinski definition) is 4. The van der Waals surface area contributed by atoms with E-state index in [1.807, 2.05) is 0 Å². The van der Waals surface area contributed by atoms with Crippen LogP contribution in [-0.4, -0.2) is 27.1 Å². The van der Waals surface area contributed by atoms with Crippen LogP contribution in [0.5, 0.6) is 11.5 Å². The molecule has 3 rings (SSSR count). The molecule has 3 atom stereocenters. The Kier molecular flexibility index (Phi) is 4.20. The lowest BCUT2D eigenvalue weighted by atomic mass is 9.64. The van der Waals surface area contributed by atoms with Crippen molar-refractivity contribution in [1.29, 1.82) is 0 Å². The molecule has 6 heteroatoms. The number of rotatable bonds is 3. The van der Waals surface area contributed by atoms with Crippen LogP contribution >= 0.6 is 12.2 Å². The molecule has 24 heavy (non-hydrogen) atoms. The second-order valence-electron chi connectivity index (χ2n) is 7.70. The zero-order valence-electron chi connectivity index (χ0n) is 14.3. The quantitative estimate of drug-likeness (QED) is 0.384. The van der Waals surface area contributed by atoms with Crippen molar-refractivity contribution in [3.63, 3.8) is 0 Å². The number of thiocarbonyl (C=S) groups is 1. The first kappa shape index (κ1) is 17.0. The van der Waals surface area contributed by atoms with E-state index in [1.54, 1.807) is 6.07 Å². The topological polar surface area (TPSA) is 76.9 Å². The van der Waals surface area contributed by atoms with Gasteiger partial charge in [0, 0.05) is 17.2 Å². The summed E-state index contributed by atoms with van der Waals surface area (Å²) in [5.41, 5.74) is 3.51. The molecule has 2 bridgehead atoms. The standard InChI is InChI=1S/C18H25N3O2S/c1-17(2)12-5-6-13(8-12)18(17,3)20-16(24)21-19-10-11-4-7-14(22)9-15(11)23/h4,7,9-10,12-13,22-23H,5-6,8H2,1-3H3,(H2,20,21,24)/b19-10-/t12-,13-,18-/m0/s1. The number of aromatic hydroxyl groups is 2. The Bertz CT molecular complexity index is 689. The van der Waals surface area contributed by atoms with Gasteiger partial charge in [-0.3, -0.25) is 5.43 Å². The fourth-order valence-electron chi connectivity index (χ4n) is 4.44. The predicted molar refractivity (Wildman–Crippen MR) is 99.3 cm³/mol. The summed E-state index contributed by atoms with van der Waals surface area (Å²) in [4.78, 5) is 0. The van der Waals surface area contributed by atoms with Crippen LogP contribution in [0.15, 0.2) is 23.3 Å². The third-order valence-corrected chi connectivity index (χ3v) is 6.56. The fourth-order valence-corrected chi connectivity index (χ4v) is 4.70. The van der Waals surface area contributed by atoms with Crippen LogP contribution in [-0.2, 0) is 0 Å². The van der Waals surface area contributed by atoms with Gasteiger partial charge < -0.3 is 15.5 Å². The first-order valence-corrected chi connectivity index (χ1v) is 8.78. The van der Waals surface area contributed by atoms with Crippen molar-refractivity contribution in [3.05, 3.63) is 23.8 Å². The van der Waals surface area contributed by atoms with Gasteiger partial charge in [0.2, 0.25) is 0 Å². The first-order valence-electron chi connectivity index (χ1n) is 8.37. The lowest BCUT2D eigenvalue weighted by molar-refractivity contribution is 0.0833. The van der Waals surface area contributed by atoms with Crippen molar-refractivity contribution < 1.29 is 10.2 Å². The number of benzene rings is 1. The molecule has 0 aromatic heterocycles. The molecule has 1 aromatic rings. The molecule has 1 aromatic carbocycles. The number of phenols is 2. The minimum Gasteiger partial charge on any atom is -0.508 e. The van der Waals surface area contributed by atoms with Crippen LogP contribution in [0.25, 0.3) is 0 Å². The van der Waals surface area contributed by atoms with E-state index in [0.29, 0.717) is 16.6 Å². The van der Waals surface area contributed by atoms with Crippen molar-refractivity contribution in [2.45, 2.75) is 45.6 Å². The molecule has 5 nitrogen and oxygen atoms in total. The molecule has 0 saturated heterocycles. The van der Waals surface area contributed by atoms with Crippen molar-refractivity contribution in [2.24, 2.45) is 22.4 Å². The Morgan fingerprint density at radius 3 is 2.58 bits per heavy atom. The average molecular weight is 347 g/mol. The van der Waals surface area contributed by atoms with Crippen LogP contribution in [0, 0.1) is 17.3 Å². The van der Waals surface area contributed by atoms with Crippen molar-refractivity contribution >= 4 is 23.5 Å². The summed E-state index contributed by atoms with van der Waals surface area (Å²) in [6, 6.07) is 4.36. The van der Waals surface area contributed by atoms with Gasteiger partial charge in [0.15, 0.2) is 5.11 Å². The van der Waals surface area contributed by atoms with Crippen LogP contribution in [0.2, 0.25) is 0 Å². The van der Waals surface area contributed by atoms with Crippen LogP contribution < -0.4 is 10.7 Å². The predicted octanol–water partition coefficient (Wildman–Crippen LogP) is 3.11. The molecule has 0 unspecified atom stereocenters. The molecule has 2 saturated carbocycles. The maximum atomic E-state index is 9.74. The summed E-state index contributed by atoms with van der Waals surface area (Å²) >= 11 is 5.41. The van der Waals surface area contributed by atoms with Crippen molar-refractivity contribution in [3.8, 4) is 11.5 Å². The van der Waals surface area contributed by atoms with Crippen molar-refractivity contribution in [2.75, 3.05) is 0 Å². The number of phenolic OH excluding ortho intramolecular Hbond substituents is 2.